The molecule has 0 bridgehead atoms. The molecular formula is O6P2Pt-6. The van der Waals surface area contributed by atoms with Gasteiger partial charge in [-0.25, -0.2) is 0 Å². The topological polar surface area (TPSA) is 138 Å². The Labute approximate surface area is 68.1 Å². The molecule has 0 aliphatic heterocycles. The molecule has 0 unspecified atom stereocenters. The molecule has 0 saturated heterocycles. The van der Waals surface area contributed by atoms with Gasteiger partial charge in [-0.3, -0.25) is 0 Å². The fourth-order valence-corrected chi connectivity index (χ4v) is 0. The fraction of sp³-hybridized carbons (Fsp3) is 0. The molecule has 62 valence electrons. The zero-order valence-corrected chi connectivity index (χ0v) is 7.72. The van der Waals surface area contributed by atoms with Gasteiger partial charge in [-0.05, 0) is 0 Å². The Hall–Kier alpha value is 1.31. The third kappa shape index (κ3) is 290. The molecule has 0 radical (unpaired) electrons. The minimum atomic E-state index is -3.37. The molecule has 0 fully saturated rings. The Morgan fingerprint density at radius 3 is 0.556 bits per heavy atom. The van der Waals surface area contributed by atoms with Crippen molar-refractivity contribution in [3.63, 3.8) is 0 Å². The van der Waals surface area contributed by atoms with Gasteiger partial charge in [-0.1, -0.05) is 0 Å². The first-order valence-corrected chi connectivity index (χ1v) is 3.29. The molecule has 0 aromatic carbocycles. The molecule has 0 heterocycles. The van der Waals surface area contributed by atoms with E-state index in [9.17, 15) is 0 Å². The number of rotatable bonds is 0. The summed E-state index contributed by atoms with van der Waals surface area (Å²) in [5.41, 5.74) is 0. The molecule has 0 aliphatic carbocycles. The summed E-state index contributed by atoms with van der Waals surface area (Å²) in [6.07, 6.45) is 0. The van der Waals surface area contributed by atoms with Crippen LogP contribution in [0.25, 0.3) is 0 Å². The molecule has 0 saturated carbocycles. The van der Waals surface area contributed by atoms with Gasteiger partial charge in [0.05, 0.1) is 0 Å². The van der Waals surface area contributed by atoms with Crippen LogP contribution in [0.2, 0.25) is 0 Å². The van der Waals surface area contributed by atoms with Crippen LogP contribution in [-0.4, -0.2) is 0 Å². The summed E-state index contributed by atoms with van der Waals surface area (Å²) in [5.74, 6) is 0. The van der Waals surface area contributed by atoms with Crippen LogP contribution in [0.15, 0.2) is 0 Å². The Kier molecular flexibility index (Phi) is 22.4. The predicted molar refractivity (Wildman–Crippen MR) is 13.8 cm³/mol. The van der Waals surface area contributed by atoms with Crippen molar-refractivity contribution >= 4 is 17.2 Å². The van der Waals surface area contributed by atoms with Crippen molar-refractivity contribution in [3.05, 3.63) is 0 Å². The second-order valence-corrected chi connectivity index (χ2v) is 1.34. The number of hydrogen-bond donors (Lipinski definition) is 0. The summed E-state index contributed by atoms with van der Waals surface area (Å²) >= 11 is 0. The molecule has 0 spiro atoms. The summed E-state index contributed by atoms with van der Waals surface area (Å²) in [5, 5.41) is 0. The third-order valence-corrected chi connectivity index (χ3v) is 0. The van der Waals surface area contributed by atoms with E-state index >= 15 is 0 Å². The minimum Gasteiger partial charge on any atom is -0.854 e. The van der Waals surface area contributed by atoms with Crippen LogP contribution >= 0.6 is 17.2 Å². The smallest absolute Gasteiger partial charge is 0 e. The predicted octanol–water partition coefficient (Wildman–Crippen LogP) is -5.41. The molecule has 9 heteroatoms. The Balaban J connectivity index is -0.0000000720. The van der Waals surface area contributed by atoms with Crippen LogP contribution in [0.1, 0.15) is 0 Å². The van der Waals surface area contributed by atoms with E-state index in [1.54, 1.807) is 0 Å². The zero-order chi connectivity index (χ0) is 7.15. The summed E-state index contributed by atoms with van der Waals surface area (Å²) in [4.78, 5) is 50.9. The molecule has 0 amide bonds. The van der Waals surface area contributed by atoms with Gasteiger partial charge in [-0.15, -0.1) is 0 Å². The van der Waals surface area contributed by atoms with Crippen molar-refractivity contribution in [2.24, 2.45) is 0 Å². The molecule has 0 rings (SSSR count). The van der Waals surface area contributed by atoms with Gasteiger partial charge < -0.3 is 46.6 Å². The van der Waals surface area contributed by atoms with Crippen LogP contribution in [0, 0.1) is 0 Å². The Morgan fingerprint density at radius 2 is 0.556 bits per heavy atom. The van der Waals surface area contributed by atoms with Crippen molar-refractivity contribution in [2.75, 3.05) is 0 Å². The van der Waals surface area contributed by atoms with Crippen molar-refractivity contribution in [3.8, 4) is 0 Å². The second kappa shape index (κ2) is 12.0. The van der Waals surface area contributed by atoms with Gasteiger partial charge in [0.1, 0.15) is 0 Å². The summed E-state index contributed by atoms with van der Waals surface area (Å²) < 4.78 is 0. The van der Waals surface area contributed by atoms with Crippen LogP contribution in [-0.2, 0) is 21.1 Å². The monoisotopic (exact) mass is 353 g/mol. The molecule has 0 N–H and O–H groups in total. The second-order valence-electron chi connectivity index (χ2n) is 0.447. The normalized spacial score (nSPS) is 8.00. The van der Waals surface area contributed by atoms with Crippen molar-refractivity contribution < 1.29 is 50.4 Å². The van der Waals surface area contributed by atoms with E-state index in [1.165, 1.54) is 0 Å². The van der Waals surface area contributed by atoms with Gasteiger partial charge >= 0.3 is 0 Å². The first kappa shape index (κ1) is 16.7. The maximum atomic E-state index is 8.48. The minimum absolute atomic E-state index is 0. The van der Waals surface area contributed by atoms with Gasteiger partial charge in [-0.2, -0.15) is 0 Å². The van der Waals surface area contributed by atoms with Gasteiger partial charge in [0.15, 0.2) is 0 Å². The van der Waals surface area contributed by atoms with E-state index in [2.05, 4.69) is 0 Å². The summed E-state index contributed by atoms with van der Waals surface area (Å²) in [7, 11) is -6.74. The van der Waals surface area contributed by atoms with Crippen LogP contribution in [0.3, 0.4) is 0 Å². The van der Waals surface area contributed by atoms with E-state index in [4.69, 9.17) is 29.4 Å². The van der Waals surface area contributed by atoms with E-state index in [-0.39, 0.29) is 21.1 Å². The van der Waals surface area contributed by atoms with Crippen LogP contribution < -0.4 is 29.4 Å². The standard InChI is InChI=1S/2O3P.Pt/c2*1-4(2)3;/q2*-3;. The molecular weight excluding hydrogens is 353 g/mol. The molecule has 0 aromatic heterocycles. The first-order chi connectivity index (χ1) is 3.46. The molecule has 0 atom stereocenters. The zero-order valence-electron chi connectivity index (χ0n) is 3.66. The maximum absolute atomic E-state index is 8.48. The van der Waals surface area contributed by atoms with E-state index in [0.29, 0.717) is 0 Å². The fourth-order valence-electron chi connectivity index (χ4n) is 0. The SMILES string of the molecule is [O-]P([O-])[O-].[O-]P([O-])[O-].[Pt]. The van der Waals surface area contributed by atoms with Crippen molar-refractivity contribution in [1.82, 2.24) is 0 Å². The van der Waals surface area contributed by atoms with Crippen LogP contribution in [0.5, 0.6) is 0 Å². The van der Waals surface area contributed by atoms with Gasteiger partial charge in [0.2, 0.25) is 0 Å². The average molecular weight is 353 g/mol. The van der Waals surface area contributed by atoms with Crippen molar-refractivity contribution in [2.45, 2.75) is 0 Å². The maximum Gasteiger partial charge on any atom is 0 e. The molecule has 6 nitrogen and oxygen atoms in total. The third-order valence-electron chi connectivity index (χ3n) is 0. The van der Waals surface area contributed by atoms with Crippen LogP contribution in [0.4, 0.5) is 0 Å². The van der Waals surface area contributed by atoms with Gasteiger partial charge in [0, 0.05) is 21.1 Å². The average Bonchev–Trinajstić information content (AvgIpc) is 1.25. The summed E-state index contributed by atoms with van der Waals surface area (Å²) in [6, 6.07) is 0. The quantitative estimate of drug-likeness (QED) is 0.399. The Morgan fingerprint density at radius 1 is 0.556 bits per heavy atom. The van der Waals surface area contributed by atoms with Crippen molar-refractivity contribution in [1.29, 1.82) is 0 Å². The van der Waals surface area contributed by atoms with E-state index < -0.39 is 17.2 Å². The van der Waals surface area contributed by atoms with E-state index in [1.807, 2.05) is 0 Å². The Bertz CT molecular complexity index is 26.5. The molecule has 9 heavy (non-hydrogen) atoms. The van der Waals surface area contributed by atoms with E-state index in [0.717, 1.165) is 0 Å². The number of hydrogen-bond acceptors (Lipinski definition) is 6. The molecule has 0 aromatic rings. The first-order valence-electron chi connectivity index (χ1n) is 1.10. The van der Waals surface area contributed by atoms with Gasteiger partial charge in [0.25, 0.3) is 0 Å². The molecule has 0 aliphatic rings. The summed E-state index contributed by atoms with van der Waals surface area (Å²) in [6.45, 7) is 0. The largest absolute Gasteiger partial charge is 0.854 e.